The SMILES string of the molecule is CCN(CC)C(=O)c1cn(C[C@@H]2CCCN(Cc3ccc(NC(C)=O)cc3)C2)nn1. The van der Waals surface area contributed by atoms with Gasteiger partial charge >= 0.3 is 0 Å². The molecule has 0 saturated carbocycles. The van der Waals surface area contributed by atoms with Crippen molar-refractivity contribution in [3.05, 3.63) is 41.7 Å². The number of carbonyl (C=O) groups is 2. The maximum Gasteiger partial charge on any atom is 0.276 e. The van der Waals surface area contributed by atoms with Gasteiger partial charge in [0, 0.05) is 45.3 Å². The van der Waals surface area contributed by atoms with Gasteiger partial charge in [-0.25, -0.2) is 0 Å². The zero-order valence-corrected chi connectivity index (χ0v) is 18.2. The minimum atomic E-state index is -0.0586. The number of hydrogen-bond acceptors (Lipinski definition) is 5. The lowest BCUT2D eigenvalue weighted by molar-refractivity contribution is -0.114. The van der Waals surface area contributed by atoms with E-state index in [4.69, 9.17) is 0 Å². The highest BCUT2D eigenvalue weighted by Crippen LogP contribution is 2.21. The van der Waals surface area contributed by atoms with Crippen LogP contribution in [-0.2, 0) is 17.9 Å². The molecular formula is C22H32N6O2. The molecule has 3 rings (SSSR count). The van der Waals surface area contributed by atoms with Crippen LogP contribution in [-0.4, -0.2) is 62.8 Å². The molecule has 1 aliphatic rings. The zero-order valence-electron chi connectivity index (χ0n) is 18.2. The molecule has 1 aromatic carbocycles. The largest absolute Gasteiger partial charge is 0.338 e. The molecule has 0 bridgehead atoms. The van der Waals surface area contributed by atoms with Crippen LogP contribution in [0.2, 0.25) is 0 Å². The molecule has 0 spiro atoms. The summed E-state index contributed by atoms with van der Waals surface area (Å²) in [6.45, 7) is 10.5. The van der Waals surface area contributed by atoms with Gasteiger partial charge in [0.2, 0.25) is 5.91 Å². The lowest BCUT2D eigenvalue weighted by Gasteiger charge is -2.32. The van der Waals surface area contributed by atoms with Gasteiger partial charge in [-0.2, -0.15) is 0 Å². The molecule has 2 amide bonds. The van der Waals surface area contributed by atoms with Gasteiger partial charge in [-0.3, -0.25) is 19.2 Å². The van der Waals surface area contributed by atoms with E-state index < -0.39 is 0 Å². The maximum absolute atomic E-state index is 12.4. The molecule has 2 heterocycles. The molecule has 1 aromatic heterocycles. The Balaban J connectivity index is 1.54. The summed E-state index contributed by atoms with van der Waals surface area (Å²) < 4.78 is 1.81. The highest BCUT2D eigenvalue weighted by molar-refractivity contribution is 5.91. The molecule has 1 fully saturated rings. The number of aromatic nitrogens is 3. The number of likely N-dealkylation sites (tertiary alicyclic amines) is 1. The molecule has 8 heteroatoms. The molecule has 1 aliphatic heterocycles. The fraction of sp³-hybridized carbons (Fsp3) is 0.545. The highest BCUT2D eigenvalue weighted by atomic mass is 16.2. The van der Waals surface area contributed by atoms with Crippen molar-refractivity contribution >= 4 is 17.5 Å². The molecule has 0 unspecified atom stereocenters. The minimum absolute atomic E-state index is 0.0563. The van der Waals surface area contributed by atoms with Gasteiger partial charge in [0.05, 0.1) is 6.20 Å². The van der Waals surface area contributed by atoms with E-state index in [1.165, 1.54) is 12.5 Å². The second-order valence-corrected chi connectivity index (χ2v) is 7.92. The van der Waals surface area contributed by atoms with E-state index in [2.05, 4.69) is 32.7 Å². The third-order valence-corrected chi connectivity index (χ3v) is 5.54. The molecular weight excluding hydrogens is 380 g/mol. The van der Waals surface area contributed by atoms with Gasteiger partial charge in [0.25, 0.3) is 5.91 Å². The number of rotatable bonds is 8. The van der Waals surface area contributed by atoms with Crippen LogP contribution < -0.4 is 5.32 Å². The van der Waals surface area contributed by atoms with Gasteiger partial charge in [-0.15, -0.1) is 5.10 Å². The Bertz CT molecular complexity index is 844. The Morgan fingerprint density at radius 1 is 1.20 bits per heavy atom. The number of anilines is 1. The van der Waals surface area contributed by atoms with Crippen molar-refractivity contribution in [3.8, 4) is 0 Å². The van der Waals surface area contributed by atoms with Crippen LogP contribution in [0, 0.1) is 5.92 Å². The molecule has 0 radical (unpaired) electrons. The molecule has 30 heavy (non-hydrogen) atoms. The summed E-state index contributed by atoms with van der Waals surface area (Å²) in [7, 11) is 0. The first-order valence-electron chi connectivity index (χ1n) is 10.8. The molecule has 8 nitrogen and oxygen atoms in total. The summed E-state index contributed by atoms with van der Waals surface area (Å²) in [5, 5.41) is 11.1. The van der Waals surface area contributed by atoms with Crippen molar-refractivity contribution in [2.75, 3.05) is 31.5 Å². The molecule has 1 saturated heterocycles. The normalized spacial score (nSPS) is 17.0. The van der Waals surface area contributed by atoms with Crippen molar-refractivity contribution in [2.24, 2.45) is 5.92 Å². The van der Waals surface area contributed by atoms with Crippen molar-refractivity contribution < 1.29 is 9.59 Å². The highest BCUT2D eigenvalue weighted by Gasteiger charge is 2.22. The Kier molecular flexibility index (Phi) is 7.57. The topological polar surface area (TPSA) is 83.4 Å². The van der Waals surface area contributed by atoms with Crippen LogP contribution in [0.15, 0.2) is 30.5 Å². The van der Waals surface area contributed by atoms with E-state index in [9.17, 15) is 9.59 Å². The van der Waals surface area contributed by atoms with Crippen LogP contribution in [0.1, 0.15) is 49.7 Å². The van der Waals surface area contributed by atoms with E-state index >= 15 is 0 Å². The third-order valence-electron chi connectivity index (χ3n) is 5.54. The Labute approximate surface area is 178 Å². The van der Waals surface area contributed by atoms with Gasteiger partial charge in [0.1, 0.15) is 0 Å². The fourth-order valence-corrected chi connectivity index (χ4v) is 4.02. The van der Waals surface area contributed by atoms with E-state index in [0.717, 1.165) is 44.7 Å². The zero-order chi connectivity index (χ0) is 21.5. The predicted molar refractivity (Wildman–Crippen MR) is 116 cm³/mol. The molecule has 0 aliphatic carbocycles. The van der Waals surface area contributed by atoms with Crippen LogP contribution in [0.4, 0.5) is 5.69 Å². The van der Waals surface area contributed by atoms with E-state index in [1.807, 2.05) is 30.7 Å². The Hall–Kier alpha value is -2.74. The standard InChI is InChI=1S/C22H32N6O2/c1-4-27(5-2)22(30)21-16-28(25-24-21)15-19-7-6-12-26(14-19)13-18-8-10-20(11-9-18)23-17(3)29/h8-11,16,19H,4-7,12-15H2,1-3H3,(H,23,29)/t19-/m1/s1. The van der Waals surface area contributed by atoms with Crippen molar-refractivity contribution in [1.82, 2.24) is 24.8 Å². The third kappa shape index (κ3) is 5.89. The lowest BCUT2D eigenvalue weighted by atomic mass is 9.97. The summed E-state index contributed by atoms with van der Waals surface area (Å²) in [5.41, 5.74) is 2.48. The predicted octanol–water partition coefficient (Wildman–Crippen LogP) is 2.63. The number of piperidine rings is 1. The quantitative estimate of drug-likeness (QED) is 0.721. The number of nitrogens with one attached hydrogen (secondary N) is 1. The molecule has 162 valence electrons. The summed E-state index contributed by atoms with van der Waals surface area (Å²) in [6.07, 6.45) is 4.08. The van der Waals surface area contributed by atoms with Crippen molar-refractivity contribution in [2.45, 2.75) is 46.7 Å². The van der Waals surface area contributed by atoms with E-state index in [1.54, 1.807) is 11.1 Å². The van der Waals surface area contributed by atoms with Crippen LogP contribution in [0.3, 0.4) is 0 Å². The van der Waals surface area contributed by atoms with Crippen LogP contribution in [0.25, 0.3) is 0 Å². The first-order chi connectivity index (χ1) is 14.5. The first kappa shape index (κ1) is 22.0. The number of amides is 2. The summed E-state index contributed by atoms with van der Waals surface area (Å²) in [5.74, 6) is 0.367. The smallest absolute Gasteiger partial charge is 0.276 e. The summed E-state index contributed by atoms with van der Waals surface area (Å²) in [4.78, 5) is 27.8. The average molecular weight is 413 g/mol. The first-order valence-corrected chi connectivity index (χ1v) is 10.8. The average Bonchev–Trinajstić information content (AvgIpc) is 3.19. The molecule has 2 aromatic rings. The second kappa shape index (κ2) is 10.3. The van der Waals surface area contributed by atoms with Gasteiger partial charge in [-0.05, 0) is 56.8 Å². The monoisotopic (exact) mass is 412 g/mol. The van der Waals surface area contributed by atoms with Gasteiger partial charge in [-0.1, -0.05) is 17.3 Å². The number of nitrogens with zero attached hydrogens (tertiary/aromatic N) is 5. The van der Waals surface area contributed by atoms with Crippen LogP contribution >= 0.6 is 0 Å². The lowest BCUT2D eigenvalue weighted by Crippen LogP contribution is -2.36. The van der Waals surface area contributed by atoms with Crippen molar-refractivity contribution in [1.29, 1.82) is 0 Å². The van der Waals surface area contributed by atoms with E-state index in [-0.39, 0.29) is 11.8 Å². The van der Waals surface area contributed by atoms with Gasteiger partial charge in [0.15, 0.2) is 5.69 Å². The van der Waals surface area contributed by atoms with Crippen LogP contribution in [0.5, 0.6) is 0 Å². The fourth-order valence-electron chi connectivity index (χ4n) is 4.02. The summed E-state index contributed by atoms with van der Waals surface area (Å²) in [6, 6.07) is 8.03. The van der Waals surface area contributed by atoms with Gasteiger partial charge < -0.3 is 10.2 Å². The number of hydrogen-bond donors (Lipinski definition) is 1. The maximum atomic E-state index is 12.4. The number of carbonyl (C=O) groups excluding carboxylic acids is 2. The van der Waals surface area contributed by atoms with E-state index in [0.29, 0.717) is 24.7 Å². The second-order valence-electron chi connectivity index (χ2n) is 7.92. The number of benzene rings is 1. The molecule has 1 atom stereocenters. The Morgan fingerprint density at radius 3 is 2.60 bits per heavy atom. The van der Waals surface area contributed by atoms with Crippen molar-refractivity contribution in [3.63, 3.8) is 0 Å². The minimum Gasteiger partial charge on any atom is -0.338 e. The summed E-state index contributed by atoms with van der Waals surface area (Å²) >= 11 is 0. The Morgan fingerprint density at radius 2 is 1.93 bits per heavy atom. The molecule has 1 N–H and O–H groups in total.